The molecule has 0 saturated carbocycles. The summed E-state index contributed by atoms with van der Waals surface area (Å²) in [6.45, 7) is 2.85. The largest absolute Gasteiger partial charge is 0.500 e. The second-order valence-electron chi connectivity index (χ2n) is 2.37. The summed E-state index contributed by atoms with van der Waals surface area (Å²) in [5, 5.41) is 0.713. The zero-order valence-corrected chi connectivity index (χ0v) is 8.42. The lowest BCUT2D eigenvalue weighted by atomic mass is 10.5. The Labute approximate surface area is 77.0 Å². The van der Waals surface area contributed by atoms with Crippen molar-refractivity contribution < 1.29 is 4.74 Å². The third-order valence-corrected chi connectivity index (χ3v) is 4.21. The Balaban J connectivity index is 2.04. The molecule has 0 spiro atoms. The Bertz CT molecular complexity index is 119. The standard InChI is InChI=1S/C8H14OS2/c1-2-3-9-6-8-7-10-4-5-11-8/h2-3,8H,4-7H2,1H3/b3-2+. The molecule has 1 unspecified atom stereocenters. The van der Waals surface area contributed by atoms with Crippen LogP contribution in [0.25, 0.3) is 0 Å². The molecule has 1 heterocycles. The van der Waals surface area contributed by atoms with Crippen LogP contribution in [-0.2, 0) is 4.74 Å². The minimum absolute atomic E-state index is 0.713. The lowest BCUT2D eigenvalue weighted by Gasteiger charge is -2.19. The minimum atomic E-state index is 0.713. The summed E-state index contributed by atoms with van der Waals surface area (Å²) in [6, 6.07) is 0. The minimum Gasteiger partial charge on any atom is -0.500 e. The van der Waals surface area contributed by atoms with Crippen molar-refractivity contribution in [2.45, 2.75) is 12.2 Å². The monoisotopic (exact) mass is 190 g/mol. The van der Waals surface area contributed by atoms with E-state index in [2.05, 4.69) is 0 Å². The second-order valence-corrected chi connectivity index (χ2v) is 4.93. The van der Waals surface area contributed by atoms with Gasteiger partial charge in [-0.2, -0.15) is 23.5 Å². The average Bonchev–Trinajstić information content (AvgIpc) is 2.07. The van der Waals surface area contributed by atoms with Crippen LogP contribution in [0.2, 0.25) is 0 Å². The van der Waals surface area contributed by atoms with E-state index in [4.69, 9.17) is 4.74 Å². The van der Waals surface area contributed by atoms with E-state index < -0.39 is 0 Å². The van der Waals surface area contributed by atoms with E-state index in [0.717, 1.165) is 6.61 Å². The van der Waals surface area contributed by atoms with Crippen molar-refractivity contribution in [2.75, 3.05) is 23.9 Å². The number of allylic oxidation sites excluding steroid dienone is 1. The molecule has 1 atom stereocenters. The van der Waals surface area contributed by atoms with E-state index in [1.165, 1.54) is 17.3 Å². The third kappa shape index (κ3) is 3.97. The Morgan fingerprint density at radius 2 is 2.45 bits per heavy atom. The molecule has 64 valence electrons. The van der Waals surface area contributed by atoms with E-state index in [1.54, 1.807) is 6.26 Å². The first kappa shape index (κ1) is 9.33. The number of ether oxygens (including phenoxy) is 1. The highest BCUT2D eigenvalue weighted by Crippen LogP contribution is 2.23. The molecule has 1 rings (SSSR count). The molecule has 1 nitrogen and oxygen atoms in total. The van der Waals surface area contributed by atoms with E-state index in [1.807, 2.05) is 36.5 Å². The first-order valence-corrected chi connectivity index (χ1v) is 6.06. The summed E-state index contributed by atoms with van der Waals surface area (Å²) < 4.78 is 5.31. The van der Waals surface area contributed by atoms with Gasteiger partial charge in [-0.3, -0.25) is 0 Å². The van der Waals surface area contributed by atoms with Crippen molar-refractivity contribution in [2.24, 2.45) is 0 Å². The maximum absolute atomic E-state index is 5.31. The number of thioether (sulfide) groups is 2. The van der Waals surface area contributed by atoms with Crippen LogP contribution in [-0.4, -0.2) is 29.1 Å². The summed E-state index contributed by atoms with van der Waals surface area (Å²) in [5.41, 5.74) is 0. The van der Waals surface area contributed by atoms with Crippen LogP contribution in [0.1, 0.15) is 6.92 Å². The molecule has 1 saturated heterocycles. The van der Waals surface area contributed by atoms with Gasteiger partial charge in [0.25, 0.3) is 0 Å². The van der Waals surface area contributed by atoms with Crippen molar-refractivity contribution in [3.63, 3.8) is 0 Å². The normalized spacial score (nSPS) is 25.7. The van der Waals surface area contributed by atoms with Gasteiger partial charge in [0.1, 0.15) is 0 Å². The molecule has 3 heteroatoms. The molecule has 1 aliphatic heterocycles. The Hall–Kier alpha value is 0.240. The van der Waals surface area contributed by atoms with Crippen LogP contribution < -0.4 is 0 Å². The summed E-state index contributed by atoms with van der Waals surface area (Å²) in [6.07, 6.45) is 3.71. The molecular formula is C8H14OS2. The van der Waals surface area contributed by atoms with Crippen LogP contribution in [0.5, 0.6) is 0 Å². The zero-order chi connectivity index (χ0) is 7.94. The molecule has 0 aromatic carbocycles. The van der Waals surface area contributed by atoms with Gasteiger partial charge in [0.15, 0.2) is 0 Å². The van der Waals surface area contributed by atoms with Gasteiger partial charge >= 0.3 is 0 Å². The fourth-order valence-electron chi connectivity index (χ4n) is 0.892. The van der Waals surface area contributed by atoms with Crippen LogP contribution in [0.4, 0.5) is 0 Å². The molecule has 1 fully saturated rings. The van der Waals surface area contributed by atoms with Crippen LogP contribution >= 0.6 is 23.5 Å². The highest BCUT2D eigenvalue weighted by atomic mass is 32.2. The van der Waals surface area contributed by atoms with Gasteiger partial charge in [-0.25, -0.2) is 0 Å². The fourth-order valence-corrected chi connectivity index (χ4v) is 3.46. The first-order chi connectivity index (χ1) is 5.43. The predicted octanol–water partition coefficient (Wildman–Crippen LogP) is 2.39. The summed E-state index contributed by atoms with van der Waals surface area (Å²) >= 11 is 4.07. The fraction of sp³-hybridized carbons (Fsp3) is 0.750. The maximum Gasteiger partial charge on any atom is 0.0999 e. The van der Waals surface area contributed by atoms with Gasteiger partial charge in [0.05, 0.1) is 12.9 Å². The number of rotatable bonds is 3. The van der Waals surface area contributed by atoms with Crippen molar-refractivity contribution in [3.8, 4) is 0 Å². The van der Waals surface area contributed by atoms with Crippen molar-refractivity contribution in [3.05, 3.63) is 12.3 Å². The van der Waals surface area contributed by atoms with E-state index in [9.17, 15) is 0 Å². The Morgan fingerprint density at radius 1 is 1.55 bits per heavy atom. The van der Waals surface area contributed by atoms with Gasteiger partial charge in [0.2, 0.25) is 0 Å². The van der Waals surface area contributed by atoms with Gasteiger partial charge in [-0.15, -0.1) is 0 Å². The number of hydrogen-bond donors (Lipinski definition) is 0. The lowest BCUT2D eigenvalue weighted by molar-refractivity contribution is 0.254. The molecule has 11 heavy (non-hydrogen) atoms. The second kappa shape index (κ2) is 5.84. The predicted molar refractivity (Wildman–Crippen MR) is 54.3 cm³/mol. The molecule has 0 aliphatic carbocycles. The number of hydrogen-bond acceptors (Lipinski definition) is 3. The molecule has 0 N–H and O–H groups in total. The molecular weight excluding hydrogens is 176 g/mol. The van der Waals surface area contributed by atoms with Gasteiger partial charge < -0.3 is 4.74 Å². The van der Waals surface area contributed by atoms with E-state index in [-0.39, 0.29) is 0 Å². The summed E-state index contributed by atoms with van der Waals surface area (Å²) in [4.78, 5) is 0. The topological polar surface area (TPSA) is 9.23 Å². The van der Waals surface area contributed by atoms with E-state index >= 15 is 0 Å². The summed E-state index contributed by atoms with van der Waals surface area (Å²) in [5.74, 6) is 3.85. The van der Waals surface area contributed by atoms with Crippen molar-refractivity contribution >= 4 is 23.5 Å². The van der Waals surface area contributed by atoms with Crippen LogP contribution in [0.15, 0.2) is 12.3 Å². The maximum atomic E-state index is 5.31. The Kier molecular flexibility index (Phi) is 4.95. The molecule has 0 bridgehead atoms. The van der Waals surface area contributed by atoms with Crippen molar-refractivity contribution in [1.82, 2.24) is 0 Å². The van der Waals surface area contributed by atoms with Crippen molar-refractivity contribution in [1.29, 1.82) is 0 Å². The lowest BCUT2D eigenvalue weighted by Crippen LogP contribution is -2.18. The summed E-state index contributed by atoms with van der Waals surface area (Å²) in [7, 11) is 0. The third-order valence-electron chi connectivity index (χ3n) is 1.40. The van der Waals surface area contributed by atoms with Gasteiger partial charge in [-0.1, -0.05) is 6.08 Å². The van der Waals surface area contributed by atoms with Gasteiger partial charge in [0, 0.05) is 22.5 Å². The zero-order valence-electron chi connectivity index (χ0n) is 6.79. The molecule has 0 radical (unpaired) electrons. The molecule has 0 aromatic rings. The molecule has 1 aliphatic rings. The smallest absolute Gasteiger partial charge is 0.0999 e. The van der Waals surface area contributed by atoms with Gasteiger partial charge in [-0.05, 0) is 6.92 Å². The highest BCUT2D eigenvalue weighted by Gasteiger charge is 2.13. The Morgan fingerprint density at radius 3 is 3.09 bits per heavy atom. The SMILES string of the molecule is C/C=C/OCC1CSCCS1. The molecule has 0 aromatic heterocycles. The molecule has 0 amide bonds. The van der Waals surface area contributed by atoms with Crippen LogP contribution in [0, 0.1) is 0 Å². The first-order valence-electron chi connectivity index (χ1n) is 3.85. The average molecular weight is 190 g/mol. The quantitative estimate of drug-likeness (QED) is 0.632. The van der Waals surface area contributed by atoms with E-state index in [0.29, 0.717) is 5.25 Å². The highest BCUT2D eigenvalue weighted by molar-refractivity contribution is 8.06. The van der Waals surface area contributed by atoms with Crippen LogP contribution in [0.3, 0.4) is 0 Å².